The van der Waals surface area contributed by atoms with E-state index in [9.17, 15) is 15.0 Å². The number of phenolic OH excluding ortho intramolecular Hbond substituents is 1. The summed E-state index contributed by atoms with van der Waals surface area (Å²) in [5.41, 5.74) is 1.29. The molecule has 0 saturated carbocycles. The number of para-hydroxylation sites is 1. The molecule has 0 aliphatic heterocycles. The second-order valence-corrected chi connectivity index (χ2v) is 8.68. The van der Waals surface area contributed by atoms with E-state index >= 15 is 0 Å². The summed E-state index contributed by atoms with van der Waals surface area (Å²) >= 11 is 0. The van der Waals surface area contributed by atoms with Gasteiger partial charge in [-0.05, 0) is 35.0 Å². The predicted molar refractivity (Wildman–Crippen MR) is 145 cm³/mol. The highest BCUT2D eigenvalue weighted by Gasteiger charge is 2.31. The summed E-state index contributed by atoms with van der Waals surface area (Å²) in [6.45, 7) is -0.168. The molecule has 186 valence electrons. The molecule has 3 N–H and O–H groups in total. The van der Waals surface area contributed by atoms with Crippen molar-refractivity contribution in [3.05, 3.63) is 115 Å². The minimum Gasteiger partial charge on any atom is -0.507 e. The topological polar surface area (TPSA) is 88.0 Å². The van der Waals surface area contributed by atoms with Gasteiger partial charge in [0.1, 0.15) is 17.6 Å². The van der Waals surface area contributed by atoms with Crippen LogP contribution in [0.4, 0.5) is 10.5 Å². The number of amides is 1. The molecule has 0 radical (unpaired) electrons. The Morgan fingerprint density at radius 2 is 1.43 bits per heavy atom. The van der Waals surface area contributed by atoms with Gasteiger partial charge in [0, 0.05) is 29.4 Å². The number of anilines is 1. The Morgan fingerprint density at radius 1 is 0.757 bits per heavy atom. The standard InChI is InChI=1S/C31H27NO5/c33-20-19-29(36-22-11-2-1-3-12-22)30(26-17-18-28(34)25-15-7-6-14-24(25)26)37-31(35)32-27-16-8-10-21-9-4-5-13-23(21)27/h1-18,29-30,33-34H,19-20H2,(H,32,35)/t29-,30-/m1/s1. The van der Waals surface area contributed by atoms with Gasteiger partial charge in [-0.15, -0.1) is 0 Å². The summed E-state index contributed by atoms with van der Waals surface area (Å²) in [6.07, 6.45) is -2.01. The zero-order chi connectivity index (χ0) is 25.6. The molecule has 6 heteroatoms. The van der Waals surface area contributed by atoms with Gasteiger partial charge in [0.2, 0.25) is 0 Å². The van der Waals surface area contributed by atoms with Gasteiger partial charge in [-0.25, -0.2) is 4.79 Å². The second kappa shape index (κ2) is 11.0. The lowest BCUT2D eigenvalue weighted by molar-refractivity contribution is 0.00984. The van der Waals surface area contributed by atoms with Crippen LogP contribution in [-0.4, -0.2) is 29.0 Å². The Hall–Kier alpha value is -4.55. The van der Waals surface area contributed by atoms with Gasteiger partial charge in [0.15, 0.2) is 6.10 Å². The number of aromatic hydroxyl groups is 1. The number of fused-ring (bicyclic) bond motifs is 2. The van der Waals surface area contributed by atoms with Gasteiger partial charge in [-0.1, -0.05) is 84.9 Å². The lowest BCUT2D eigenvalue weighted by atomic mass is 9.95. The molecular formula is C31H27NO5. The van der Waals surface area contributed by atoms with E-state index in [1.165, 1.54) is 0 Å². The van der Waals surface area contributed by atoms with Gasteiger partial charge in [0.05, 0.1) is 5.69 Å². The molecule has 0 bridgehead atoms. The van der Waals surface area contributed by atoms with Crippen LogP contribution in [0.15, 0.2) is 109 Å². The van der Waals surface area contributed by atoms with Crippen molar-refractivity contribution in [1.29, 1.82) is 0 Å². The number of ether oxygens (including phenoxy) is 2. The van der Waals surface area contributed by atoms with E-state index in [-0.39, 0.29) is 18.8 Å². The average molecular weight is 494 g/mol. The van der Waals surface area contributed by atoms with Crippen molar-refractivity contribution in [2.45, 2.75) is 18.6 Å². The normalized spacial score (nSPS) is 12.7. The highest BCUT2D eigenvalue weighted by molar-refractivity contribution is 6.00. The highest BCUT2D eigenvalue weighted by atomic mass is 16.6. The van der Waals surface area contributed by atoms with Crippen LogP contribution in [0.2, 0.25) is 0 Å². The van der Waals surface area contributed by atoms with Gasteiger partial charge in [0.25, 0.3) is 0 Å². The first-order chi connectivity index (χ1) is 18.1. The first kappa shape index (κ1) is 24.2. The lowest BCUT2D eigenvalue weighted by Crippen LogP contribution is -2.32. The number of benzene rings is 5. The molecule has 5 aromatic carbocycles. The third-order valence-corrected chi connectivity index (χ3v) is 6.28. The number of aliphatic hydroxyl groups excluding tert-OH is 1. The van der Waals surface area contributed by atoms with Gasteiger partial charge in [-0.2, -0.15) is 0 Å². The van der Waals surface area contributed by atoms with Gasteiger partial charge in [-0.3, -0.25) is 5.32 Å². The quantitative estimate of drug-likeness (QED) is 0.221. The Kier molecular flexibility index (Phi) is 7.19. The number of carbonyl (C=O) groups is 1. The lowest BCUT2D eigenvalue weighted by Gasteiger charge is -2.29. The maximum atomic E-state index is 13.3. The molecule has 0 aliphatic rings. The molecule has 0 saturated heterocycles. The molecule has 0 aromatic heterocycles. The Balaban J connectivity index is 1.53. The van der Waals surface area contributed by atoms with Gasteiger partial charge >= 0.3 is 6.09 Å². The van der Waals surface area contributed by atoms with E-state index in [2.05, 4.69) is 5.32 Å². The molecule has 37 heavy (non-hydrogen) atoms. The monoisotopic (exact) mass is 493 g/mol. The van der Waals surface area contributed by atoms with Crippen molar-refractivity contribution < 1.29 is 24.5 Å². The first-order valence-electron chi connectivity index (χ1n) is 12.1. The van der Waals surface area contributed by atoms with Crippen LogP contribution < -0.4 is 10.1 Å². The summed E-state index contributed by atoms with van der Waals surface area (Å²) in [5.74, 6) is 0.716. The Labute approximate surface area is 214 Å². The first-order valence-corrected chi connectivity index (χ1v) is 12.1. The molecule has 1 amide bonds. The third-order valence-electron chi connectivity index (χ3n) is 6.28. The number of rotatable bonds is 8. The predicted octanol–water partition coefficient (Wildman–Crippen LogP) is 6.82. The molecule has 0 fully saturated rings. The van der Waals surface area contributed by atoms with E-state index < -0.39 is 18.3 Å². The van der Waals surface area contributed by atoms with Gasteiger partial charge < -0.3 is 19.7 Å². The van der Waals surface area contributed by atoms with Crippen LogP contribution in [-0.2, 0) is 4.74 Å². The van der Waals surface area contributed by atoms with Crippen LogP contribution in [0, 0.1) is 0 Å². The fourth-order valence-corrected chi connectivity index (χ4v) is 4.56. The molecular weight excluding hydrogens is 466 g/mol. The summed E-state index contributed by atoms with van der Waals surface area (Å²) < 4.78 is 12.3. The average Bonchev–Trinajstić information content (AvgIpc) is 2.93. The van der Waals surface area contributed by atoms with E-state index in [1.807, 2.05) is 91.0 Å². The van der Waals surface area contributed by atoms with Crippen molar-refractivity contribution in [2.75, 3.05) is 11.9 Å². The molecule has 5 aromatic rings. The number of carbonyl (C=O) groups excluding carboxylic acids is 1. The van der Waals surface area contributed by atoms with Crippen molar-refractivity contribution in [3.8, 4) is 11.5 Å². The van der Waals surface area contributed by atoms with E-state index in [4.69, 9.17) is 9.47 Å². The molecule has 2 atom stereocenters. The summed E-state index contributed by atoms with van der Waals surface area (Å²) in [4.78, 5) is 13.3. The second-order valence-electron chi connectivity index (χ2n) is 8.68. The molecule has 5 rings (SSSR count). The maximum absolute atomic E-state index is 13.3. The zero-order valence-corrected chi connectivity index (χ0v) is 20.1. The van der Waals surface area contributed by atoms with E-state index in [0.29, 0.717) is 22.4 Å². The number of hydrogen-bond acceptors (Lipinski definition) is 5. The Bertz CT molecular complexity index is 1510. The summed E-state index contributed by atoms with van der Waals surface area (Å²) in [6, 6.07) is 33.3. The Morgan fingerprint density at radius 3 is 2.22 bits per heavy atom. The zero-order valence-electron chi connectivity index (χ0n) is 20.1. The van der Waals surface area contributed by atoms with Crippen LogP contribution in [0.1, 0.15) is 18.1 Å². The molecule has 0 unspecified atom stereocenters. The van der Waals surface area contributed by atoms with Crippen LogP contribution >= 0.6 is 0 Å². The minimum absolute atomic E-state index is 0.126. The third kappa shape index (κ3) is 5.34. The number of nitrogens with one attached hydrogen (secondary N) is 1. The summed E-state index contributed by atoms with van der Waals surface area (Å²) in [7, 11) is 0. The SMILES string of the molecule is O=C(Nc1cccc2ccccc12)O[C@H](c1ccc(O)c2ccccc12)[C@@H](CCO)Oc1ccccc1. The molecule has 0 heterocycles. The molecule has 0 aliphatic carbocycles. The van der Waals surface area contributed by atoms with Crippen LogP contribution in [0.3, 0.4) is 0 Å². The number of hydrogen-bond donors (Lipinski definition) is 3. The van der Waals surface area contributed by atoms with Crippen molar-refractivity contribution in [3.63, 3.8) is 0 Å². The summed E-state index contributed by atoms with van der Waals surface area (Å²) in [5, 5.41) is 26.4. The fourth-order valence-electron chi connectivity index (χ4n) is 4.56. The highest BCUT2D eigenvalue weighted by Crippen LogP contribution is 2.36. The minimum atomic E-state index is -0.882. The maximum Gasteiger partial charge on any atom is 0.412 e. The smallest absolute Gasteiger partial charge is 0.412 e. The van der Waals surface area contributed by atoms with Crippen LogP contribution in [0.25, 0.3) is 21.5 Å². The van der Waals surface area contributed by atoms with E-state index in [1.54, 1.807) is 18.2 Å². The number of aliphatic hydroxyl groups is 1. The molecule has 0 spiro atoms. The van der Waals surface area contributed by atoms with Crippen molar-refractivity contribution >= 4 is 33.3 Å². The number of phenols is 1. The van der Waals surface area contributed by atoms with E-state index in [0.717, 1.165) is 16.2 Å². The van der Waals surface area contributed by atoms with Crippen molar-refractivity contribution in [2.24, 2.45) is 0 Å². The molecule has 6 nitrogen and oxygen atoms in total. The van der Waals surface area contributed by atoms with Crippen molar-refractivity contribution in [1.82, 2.24) is 0 Å². The largest absolute Gasteiger partial charge is 0.507 e. The fraction of sp³-hybridized carbons (Fsp3) is 0.129. The van der Waals surface area contributed by atoms with Crippen LogP contribution in [0.5, 0.6) is 11.5 Å².